The molecule has 0 saturated carbocycles. The number of benzene rings is 1. The van der Waals surface area contributed by atoms with Crippen LogP contribution >= 0.6 is 15.9 Å². The predicted octanol–water partition coefficient (Wildman–Crippen LogP) is 2.64. The van der Waals surface area contributed by atoms with Gasteiger partial charge in [-0.1, -0.05) is 5.21 Å². The van der Waals surface area contributed by atoms with E-state index in [1.54, 1.807) is 16.9 Å². The lowest BCUT2D eigenvalue weighted by Crippen LogP contribution is -2.06. The fourth-order valence-electron chi connectivity index (χ4n) is 1.49. The van der Waals surface area contributed by atoms with Crippen LogP contribution in [0.15, 0.2) is 22.8 Å². The summed E-state index contributed by atoms with van der Waals surface area (Å²) in [4.78, 5) is 0. The fraction of sp³-hybridized carbons (Fsp3) is 0.273. The van der Waals surface area contributed by atoms with Crippen molar-refractivity contribution in [2.45, 2.75) is 13.5 Å². The van der Waals surface area contributed by atoms with E-state index in [2.05, 4.69) is 31.6 Å². The van der Waals surface area contributed by atoms with E-state index in [1.807, 2.05) is 14.0 Å². The third kappa shape index (κ3) is 2.63. The van der Waals surface area contributed by atoms with Gasteiger partial charge in [0.05, 0.1) is 22.9 Å². The van der Waals surface area contributed by atoms with Crippen molar-refractivity contribution in [2.24, 2.45) is 7.05 Å². The van der Waals surface area contributed by atoms with Crippen LogP contribution in [0, 0.1) is 12.7 Å². The van der Waals surface area contributed by atoms with Crippen LogP contribution in [0.3, 0.4) is 0 Å². The first-order chi connectivity index (χ1) is 8.08. The molecule has 0 aliphatic rings. The van der Waals surface area contributed by atoms with E-state index in [1.165, 1.54) is 6.07 Å². The first-order valence-electron chi connectivity index (χ1n) is 5.11. The minimum absolute atomic E-state index is 0.254. The highest BCUT2D eigenvalue weighted by Gasteiger charge is 2.06. The molecule has 2 rings (SSSR count). The molecule has 0 unspecified atom stereocenters. The number of rotatable bonds is 3. The summed E-state index contributed by atoms with van der Waals surface area (Å²) in [6, 6.07) is 3.22. The topological polar surface area (TPSA) is 42.7 Å². The van der Waals surface area contributed by atoms with E-state index in [9.17, 15) is 4.39 Å². The van der Waals surface area contributed by atoms with Crippen molar-refractivity contribution in [2.75, 3.05) is 5.32 Å². The zero-order valence-corrected chi connectivity index (χ0v) is 11.1. The summed E-state index contributed by atoms with van der Waals surface area (Å²) in [5, 5.41) is 10.9. The van der Waals surface area contributed by atoms with Gasteiger partial charge in [-0.05, 0) is 40.5 Å². The molecule has 90 valence electrons. The normalized spacial score (nSPS) is 10.6. The number of nitrogens with one attached hydrogen (secondary N) is 1. The Kier molecular flexibility index (Phi) is 3.42. The van der Waals surface area contributed by atoms with Crippen molar-refractivity contribution >= 4 is 21.6 Å². The van der Waals surface area contributed by atoms with Crippen LogP contribution in [0.25, 0.3) is 0 Å². The van der Waals surface area contributed by atoms with Gasteiger partial charge in [-0.3, -0.25) is 4.68 Å². The smallest absolute Gasteiger partial charge is 0.137 e. The van der Waals surface area contributed by atoms with Crippen LogP contribution in [0.2, 0.25) is 0 Å². The van der Waals surface area contributed by atoms with Gasteiger partial charge in [0.1, 0.15) is 5.82 Å². The highest BCUT2D eigenvalue weighted by atomic mass is 79.9. The van der Waals surface area contributed by atoms with E-state index in [-0.39, 0.29) is 5.82 Å². The van der Waals surface area contributed by atoms with Gasteiger partial charge in [-0.25, -0.2) is 4.39 Å². The summed E-state index contributed by atoms with van der Waals surface area (Å²) in [7, 11) is 1.83. The largest absolute Gasteiger partial charge is 0.379 e. The summed E-state index contributed by atoms with van der Waals surface area (Å²) in [5.41, 5.74) is 2.71. The van der Waals surface area contributed by atoms with Gasteiger partial charge >= 0.3 is 0 Å². The van der Waals surface area contributed by atoms with Gasteiger partial charge in [0, 0.05) is 12.7 Å². The number of hydrogen-bond donors (Lipinski definition) is 1. The second kappa shape index (κ2) is 4.83. The van der Waals surface area contributed by atoms with Crippen molar-refractivity contribution < 1.29 is 4.39 Å². The van der Waals surface area contributed by atoms with Crippen LogP contribution in [0.4, 0.5) is 10.1 Å². The van der Waals surface area contributed by atoms with Crippen LogP contribution in [-0.4, -0.2) is 15.0 Å². The molecule has 2 aromatic rings. The summed E-state index contributed by atoms with van der Waals surface area (Å²) >= 11 is 3.17. The van der Waals surface area contributed by atoms with Crippen LogP contribution in [-0.2, 0) is 13.6 Å². The van der Waals surface area contributed by atoms with E-state index in [0.29, 0.717) is 11.0 Å². The van der Waals surface area contributed by atoms with Gasteiger partial charge in [0.25, 0.3) is 0 Å². The van der Waals surface area contributed by atoms with Gasteiger partial charge < -0.3 is 5.32 Å². The Bertz CT molecular complexity index is 538. The van der Waals surface area contributed by atoms with Gasteiger partial charge in [0.15, 0.2) is 0 Å². The number of halogens is 2. The molecule has 17 heavy (non-hydrogen) atoms. The quantitative estimate of drug-likeness (QED) is 0.947. The first kappa shape index (κ1) is 12.0. The average Bonchev–Trinajstić information content (AvgIpc) is 2.68. The molecular formula is C11H12BrFN4. The molecule has 0 bridgehead atoms. The van der Waals surface area contributed by atoms with E-state index < -0.39 is 0 Å². The SMILES string of the molecule is Cc1cc(F)c(Br)cc1NCc1cnnn1C. The van der Waals surface area contributed by atoms with Crippen molar-refractivity contribution in [3.63, 3.8) is 0 Å². The van der Waals surface area contributed by atoms with E-state index in [0.717, 1.165) is 16.9 Å². The molecule has 0 radical (unpaired) electrons. The zero-order chi connectivity index (χ0) is 12.4. The maximum atomic E-state index is 13.2. The molecule has 6 heteroatoms. The second-order valence-electron chi connectivity index (χ2n) is 3.78. The number of aryl methyl sites for hydroxylation is 2. The Morgan fingerprint density at radius 3 is 2.88 bits per heavy atom. The zero-order valence-electron chi connectivity index (χ0n) is 9.54. The Labute approximate surface area is 107 Å². The molecule has 1 N–H and O–H groups in total. The highest BCUT2D eigenvalue weighted by molar-refractivity contribution is 9.10. The van der Waals surface area contributed by atoms with Gasteiger partial charge in [0.2, 0.25) is 0 Å². The first-order valence-corrected chi connectivity index (χ1v) is 5.90. The Hall–Kier alpha value is -1.43. The average molecular weight is 299 g/mol. The molecular weight excluding hydrogens is 287 g/mol. The van der Waals surface area contributed by atoms with Crippen molar-refractivity contribution in [3.05, 3.63) is 39.9 Å². The number of aromatic nitrogens is 3. The van der Waals surface area contributed by atoms with Crippen molar-refractivity contribution in [3.8, 4) is 0 Å². The maximum Gasteiger partial charge on any atom is 0.137 e. The van der Waals surface area contributed by atoms with Crippen molar-refractivity contribution in [1.82, 2.24) is 15.0 Å². The monoisotopic (exact) mass is 298 g/mol. The number of anilines is 1. The van der Waals surface area contributed by atoms with Crippen LogP contribution < -0.4 is 5.32 Å². The molecule has 1 heterocycles. The molecule has 0 aliphatic carbocycles. The molecule has 4 nitrogen and oxygen atoms in total. The third-order valence-corrected chi connectivity index (χ3v) is 3.14. The van der Waals surface area contributed by atoms with Gasteiger partial charge in [-0.15, -0.1) is 5.10 Å². The fourth-order valence-corrected chi connectivity index (χ4v) is 1.84. The molecule has 0 amide bonds. The minimum atomic E-state index is -0.254. The lowest BCUT2D eigenvalue weighted by atomic mass is 10.2. The molecule has 0 fully saturated rings. The molecule has 1 aromatic heterocycles. The summed E-state index contributed by atoms with van der Waals surface area (Å²) in [6.07, 6.45) is 1.70. The second-order valence-corrected chi connectivity index (χ2v) is 4.64. The lowest BCUT2D eigenvalue weighted by molar-refractivity contribution is 0.620. The Morgan fingerprint density at radius 2 is 2.24 bits per heavy atom. The standard InChI is InChI=1S/C11H12BrFN4/c1-7-3-10(13)9(12)4-11(7)14-5-8-6-15-16-17(8)2/h3-4,6,14H,5H2,1-2H3. The van der Waals surface area contributed by atoms with Crippen LogP contribution in [0.5, 0.6) is 0 Å². The molecule has 0 aliphatic heterocycles. The number of hydrogen-bond acceptors (Lipinski definition) is 3. The molecule has 0 spiro atoms. The maximum absolute atomic E-state index is 13.2. The summed E-state index contributed by atoms with van der Waals surface area (Å²) in [6.45, 7) is 2.46. The molecule has 1 aromatic carbocycles. The Morgan fingerprint density at radius 1 is 1.47 bits per heavy atom. The summed E-state index contributed by atoms with van der Waals surface area (Å²) < 4.78 is 15.4. The van der Waals surface area contributed by atoms with Crippen LogP contribution in [0.1, 0.15) is 11.3 Å². The minimum Gasteiger partial charge on any atom is -0.379 e. The Balaban J connectivity index is 2.14. The highest BCUT2D eigenvalue weighted by Crippen LogP contribution is 2.24. The lowest BCUT2D eigenvalue weighted by Gasteiger charge is -2.10. The predicted molar refractivity (Wildman–Crippen MR) is 67.2 cm³/mol. The molecule has 0 saturated heterocycles. The number of nitrogens with zero attached hydrogens (tertiary/aromatic N) is 3. The van der Waals surface area contributed by atoms with Gasteiger partial charge in [-0.2, -0.15) is 0 Å². The van der Waals surface area contributed by atoms with E-state index in [4.69, 9.17) is 0 Å². The third-order valence-electron chi connectivity index (χ3n) is 2.54. The van der Waals surface area contributed by atoms with E-state index >= 15 is 0 Å². The van der Waals surface area contributed by atoms with Crippen molar-refractivity contribution in [1.29, 1.82) is 0 Å². The molecule has 0 atom stereocenters. The summed E-state index contributed by atoms with van der Waals surface area (Å²) in [5.74, 6) is -0.254.